The zero-order chi connectivity index (χ0) is 15.2. The van der Waals surface area contributed by atoms with Crippen LogP contribution in [0.3, 0.4) is 0 Å². The molecule has 1 aromatic carbocycles. The highest BCUT2D eigenvalue weighted by atomic mass is 35.5. The van der Waals surface area contributed by atoms with Gasteiger partial charge in [-0.25, -0.2) is 4.79 Å². The standard InChI is InChI=1S/C15H18ClNO3S/c16-11-5-1-2-7-13(11)21-10-8-14(18)17-9-4-3-6-12(17)15(19)20/h1-2,5,7,12H,3-4,6,8-10H2,(H,19,20)/t12-/m0/s1. The molecule has 2 rings (SSSR count). The highest BCUT2D eigenvalue weighted by molar-refractivity contribution is 7.99. The van der Waals surface area contributed by atoms with E-state index in [4.69, 9.17) is 11.6 Å². The third-order valence-electron chi connectivity index (χ3n) is 3.52. The van der Waals surface area contributed by atoms with Gasteiger partial charge in [0.15, 0.2) is 0 Å². The molecule has 1 heterocycles. The Kier molecular flexibility index (Phi) is 5.94. The third kappa shape index (κ3) is 4.38. The maximum absolute atomic E-state index is 12.2. The number of thioether (sulfide) groups is 1. The van der Waals surface area contributed by atoms with Crippen LogP contribution >= 0.6 is 23.4 Å². The molecule has 4 nitrogen and oxygen atoms in total. The number of rotatable bonds is 5. The molecule has 0 radical (unpaired) electrons. The molecule has 0 unspecified atom stereocenters. The first kappa shape index (κ1) is 16.2. The zero-order valence-corrected chi connectivity index (χ0v) is 13.2. The maximum atomic E-state index is 12.2. The van der Waals surface area contributed by atoms with Crippen LogP contribution in [0.1, 0.15) is 25.7 Å². The molecule has 1 fully saturated rings. The van der Waals surface area contributed by atoms with Gasteiger partial charge >= 0.3 is 5.97 Å². The monoisotopic (exact) mass is 327 g/mol. The van der Waals surface area contributed by atoms with Crippen molar-refractivity contribution in [3.63, 3.8) is 0 Å². The molecular formula is C15H18ClNO3S. The van der Waals surface area contributed by atoms with E-state index >= 15 is 0 Å². The Morgan fingerprint density at radius 3 is 2.81 bits per heavy atom. The van der Waals surface area contributed by atoms with Crippen LogP contribution in [0, 0.1) is 0 Å². The number of carboxylic acid groups (broad SMARTS) is 1. The van der Waals surface area contributed by atoms with Crippen LogP contribution in [0.5, 0.6) is 0 Å². The number of benzene rings is 1. The fourth-order valence-corrected chi connectivity index (χ4v) is 3.62. The van der Waals surface area contributed by atoms with Gasteiger partial charge in [0.1, 0.15) is 6.04 Å². The number of hydrogen-bond acceptors (Lipinski definition) is 3. The molecule has 0 aromatic heterocycles. The minimum absolute atomic E-state index is 0.0818. The number of nitrogens with zero attached hydrogens (tertiary/aromatic N) is 1. The smallest absolute Gasteiger partial charge is 0.326 e. The Morgan fingerprint density at radius 1 is 1.33 bits per heavy atom. The Balaban J connectivity index is 1.86. The van der Waals surface area contributed by atoms with Crippen molar-refractivity contribution in [1.82, 2.24) is 4.90 Å². The van der Waals surface area contributed by atoms with Gasteiger partial charge in [-0.2, -0.15) is 0 Å². The van der Waals surface area contributed by atoms with Crippen molar-refractivity contribution in [3.8, 4) is 0 Å². The van der Waals surface area contributed by atoms with E-state index in [-0.39, 0.29) is 5.91 Å². The van der Waals surface area contributed by atoms with Crippen LogP contribution in [0.2, 0.25) is 5.02 Å². The second-order valence-electron chi connectivity index (χ2n) is 4.97. The van der Waals surface area contributed by atoms with Crippen molar-refractivity contribution in [3.05, 3.63) is 29.3 Å². The van der Waals surface area contributed by atoms with E-state index in [0.717, 1.165) is 17.7 Å². The molecule has 0 saturated carbocycles. The highest BCUT2D eigenvalue weighted by Crippen LogP contribution is 2.27. The number of halogens is 1. The average Bonchev–Trinajstić information content (AvgIpc) is 2.49. The van der Waals surface area contributed by atoms with Gasteiger partial charge in [0, 0.05) is 23.6 Å². The van der Waals surface area contributed by atoms with Gasteiger partial charge in [-0.05, 0) is 31.4 Å². The van der Waals surface area contributed by atoms with Crippen LogP contribution < -0.4 is 0 Å². The first-order valence-corrected chi connectivity index (χ1v) is 8.35. The lowest BCUT2D eigenvalue weighted by molar-refractivity contribution is -0.151. The van der Waals surface area contributed by atoms with Crippen molar-refractivity contribution in [2.24, 2.45) is 0 Å². The largest absolute Gasteiger partial charge is 0.480 e. The van der Waals surface area contributed by atoms with Crippen LogP contribution in [-0.4, -0.2) is 40.2 Å². The molecule has 1 aliphatic heterocycles. The molecule has 114 valence electrons. The van der Waals surface area contributed by atoms with Gasteiger partial charge < -0.3 is 10.0 Å². The van der Waals surface area contributed by atoms with Crippen LogP contribution in [-0.2, 0) is 9.59 Å². The van der Waals surface area contributed by atoms with Gasteiger partial charge in [-0.3, -0.25) is 4.79 Å². The molecule has 0 aliphatic carbocycles. The second-order valence-corrected chi connectivity index (χ2v) is 6.51. The predicted molar refractivity (Wildman–Crippen MR) is 83.8 cm³/mol. The van der Waals surface area contributed by atoms with Crippen molar-refractivity contribution in [1.29, 1.82) is 0 Å². The van der Waals surface area contributed by atoms with E-state index in [2.05, 4.69) is 0 Å². The van der Waals surface area contributed by atoms with E-state index in [0.29, 0.717) is 30.2 Å². The number of aliphatic carboxylic acids is 1. The minimum Gasteiger partial charge on any atom is -0.480 e. The summed E-state index contributed by atoms with van der Waals surface area (Å²) < 4.78 is 0. The first-order chi connectivity index (χ1) is 10.1. The Hall–Kier alpha value is -1.20. The van der Waals surface area contributed by atoms with Crippen molar-refractivity contribution in [2.75, 3.05) is 12.3 Å². The Morgan fingerprint density at radius 2 is 2.10 bits per heavy atom. The molecule has 1 N–H and O–H groups in total. The molecule has 1 saturated heterocycles. The second kappa shape index (κ2) is 7.71. The summed E-state index contributed by atoms with van der Waals surface area (Å²) in [4.78, 5) is 25.9. The SMILES string of the molecule is O=C(O)[C@@H]1CCCCN1C(=O)CCSc1ccccc1Cl. The lowest BCUT2D eigenvalue weighted by atomic mass is 10.0. The van der Waals surface area contributed by atoms with E-state index in [1.54, 1.807) is 0 Å². The number of carbonyl (C=O) groups excluding carboxylic acids is 1. The molecular weight excluding hydrogens is 310 g/mol. The molecule has 21 heavy (non-hydrogen) atoms. The quantitative estimate of drug-likeness (QED) is 0.843. The molecule has 0 spiro atoms. The highest BCUT2D eigenvalue weighted by Gasteiger charge is 2.31. The maximum Gasteiger partial charge on any atom is 0.326 e. The van der Waals surface area contributed by atoms with Crippen LogP contribution in [0.4, 0.5) is 0 Å². The Labute approximate surface area is 133 Å². The van der Waals surface area contributed by atoms with Crippen LogP contribution in [0.15, 0.2) is 29.2 Å². The summed E-state index contributed by atoms with van der Waals surface area (Å²) in [6, 6.07) is 6.84. The van der Waals surface area contributed by atoms with Crippen LogP contribution in [0.25, 0.3) is 0 Å². The number of likely N-dealkylation sites (tertiary alicyclic amines) is 1. The van der Waals surface area contributed by atoms with Gasteiger partial charge in [-0.1, -0.05) is 23.7 Å². The topological polar surface area (TPSA) is 57.6 Å². The third-order valence-corrected chi connectivity index (χ3v) is 5.04. The van der Waals surface area contributed by atoms with E-state index in [1.807, 2.05) is 24.3 Å². The summed E-state index contributed by atoms with van der Waals surface area (Å²) in [5.41, 5.74) is 0. The zero-order valence-electron chi connectivity index (χ0n) is 11.6. The van der Waals surface area contributed by atoms with E-state index in [9.17, 15) is 14.7 Å². The minimum atomic E-state index is -0.901. The first-order valence-electron chi connectivity index (χ1n) is 6.99. The summed E-state index contributed by atoms with van der Waals surface area (Å²) in [5, 5.41) is 9.86. The molecule has 1 aliphatic rings. The summed E-state index contributed by atoms with van der Waals surface area (Å²) in [6.45, 7) is 0.548. The number of hydrogen-bond donors (Lipinski definition) is 1. The van der Waals surface area contributed by atoms with Crippen molar-refractivity contribution in [2.45, 2.75) is 36.6 Å². The fourth-order valence-electron chi connectivity index (χ4n) is 2.44. The summed E-state index contributed by atoms with van der Waals surface area (Å²) in [6.07, 6.45) is 2.64. The summed E-state index contributed by atoms with van der Waals surface area (Å²) >= 11 is 7.58. The molecule has 0 bridgehead atoms. The molecule has 1 atom stereocenters. The lowest BCUT2D eigenvalue weighted by Gasteiger charge is -2.33. The normalized spacial score (nSPS) is 18.5. The number of carbonyl (C=O) groups is 2. The van der Waals surface area contributed by atoms with Gasteiger partial charge in [0.05, 0.1) is 5.02 Å². The van der Waals surface area contributed by atoms with Gasteiger partial charge in [0.2, 0.25) is 5.91 Å². The van der Waals surface area contributed by atoms with Gasteiger partial charge in [0.25, 0.3) is 0 Å². The molecule has 6 heteroatoms. The number of amides is 1. The van der Waals surface area contributed by atoms with E-state index in [1.165, 1.54) is 16.7 Å². The van der Waals surface area contributed by atoms with E-state index < -0.39 is 12.0 Å². The molecule has 1 aromatic rings. The van der Waals surface area contributed by atoms with Crippen molar-refractivity contribution >= 4 is 35.2 Å². The van der Waals surface area contributed by atoms with Gasteiger partial charge in [-0.15, -0.1) is 11.8 Å². The lowest BCUT2D eigenvalue weighted by Crippen LogP contribution is -2.48. The number of carboxylic acids is 1. The molecule has 1 amide bonds. The summed E-state index contributed by atoms with van der Waals surface area (Å²) in [5.74, 6) is -0.380. The van der Waals surface area contributed by atoms with Crippen molar-refractivity contribution < 1.29 is 14.7 Å². The fraction of sp³-hybridized carbons (Fsp3) is 0.467. The Bertz CT molecular complexity index is 523. The average molecular weight is 328 g/mol. The summed E-state index contributed by atoms with van der Waals surface area (Å²) in [7, 11) is 0. The number of piperidine rings is 1. The predicted octanol–water partition coefficient (Wildman–Crippen LogP) is 3.29.